The fourth-order valence-electron chi connectivity index (χ4n) is 9.41. The van der Waals surface area contributed by atoms with Crippen molar-refractivity contribution in [2.75, 3.05) is 31.7 Å². The Morgan fingerprint density at radius 3 is 1.98 bits per heavy atom. The van der Waals surface area contributed by atoms with E-state index in [1.807, 2.05) is 24.0 Å². The third kappa shape index (κ3) is 5.97. The lowest BCUT2D eigenvalue weighted by atomic mass is 9.58. The number of fused-ring (bicyclic) bond motifs is 2. The van der Waals surface area contributed by atoms with Gasteiger partial charge in [0.05, 0.1) is 19.8 Å². The molecule has 7 nitrogen and oxygen atoms in total. The summed E-state index contributed by atoms with van der Waals surface area (Å²) in [5.41, 5.74) is 8.15. The van der Waals surface area contributed by atoms with Crippen LogP contribution in [0.15, 0.2) is 24.3 Å². The van der Waals surface area contributed by atoms with Gasteiger partial charge < -0.3 is 18.9 Å². The first-order valence-electron chi connectivity index (χ1n) is 18.0. The Morgan fingerprint density at radius 1 is 0.896 bits per heavy atom. The van der Waals surface area contributed by atoms with Crippen LogP contribution in [0.2, 0.25) is 0 Å². The summed E-state index contributed by atoms with van der Waals surface area (Å²) in [6.07, 6.45) is 14.7. The van der Waals surface area contributed by atoms with Crippen molar-refractivity contribution in [3.63, 3.8) is 0 Å². The number of carbonyl (C=O) groups excluding carboxylic acids is 3. The van der Waals surface area contributed by atoms with Gasteiger partial charge in [-0.05, 0) is 124 Å². The van der Waals surface area contributed by atoms with E-state index in [2.05, 4.69) is 30.6 Å². The minimum atomic E-state index is -1.43. The molecule has 6 rings (SSSR count). The monoisotopic (exact) mass is 692 g/mol. The normalized spacial score (nSPS) is 19.8. The van der Waals surface area contributed by atoms with Gasteiger partial charge in [-0.1, -0.05) is 50.7 Å². The Bertz CT molecular complexity index is 1520. The molecule has 1 aliphatic heterocycles. The Morgan fingerprint density at radius 2 is 1.44 bits per heavy atom. The number of hydrogen-bond donors (Lipinski definition) is 0. The highest BCUT2D eigenvalue weighted by Crippen LogP contribution is 2.61. The van der Waals surface area contributed by atoms with Crippen LogP contribution >= 0.6 is 19.7 Å². The minimum absolute atomic E-state index is 0.0356. The van der Waals surface area contributed by atoms with Crippen LogP contribution in [0.1, 0.15) is 109 Å². The zero-order chi connectivity index (χ0) is 34.2. The maximum absolute atomic E-state index is 14.4. The van der Waals surface area contributed by atoms with Gasteiger partial charge in [-0.25, -0.2) is 0 Å². The fourth-order valence-corrected chi connectivity index (χ4v) is 13.6. The molecule has 0 atom stereocenters. The predicted molar refractivity (Wildman–Crippen MR) is 196 cm³/mol. The van der Waals surface area contributed by atoms with Gasteiger partial charge in [0.1, 0.15) is 0 Å². The van der Waals surface area contributed by atoms with Crippen molar-refractivity contribution in [2.45, 2.75) is 115 Å². The van der Waals surface area contributed by atoms with Crippen molar-refractivity contribution < 1.29 is 23.9 Å². The highest BCUT2D eigenvalue weighted by atomic mass is 35.5. The van der Waals surface area contributed by atoms with Crippen LogP contribution in [-0.2, 0) is 38.3 Å². The number of benzene rings is 2. The molecule has 0 radical (unpaired) electrons. The molecule has 0 bridgehead atoms. The summed E-state index contributed by atoms with van der Waals surface area (Å²) in [5.74, 6) is -0.571. The van der Waals surface area contributed by atoms with Crippen LogP contribution in [0.3, 0.4) is 0 Å². The molecule has 1 amide bonds. The van der Waals surface area contributed by atoms with E-state index in [1.165, 1.54) is 84.0 Å². The second-order valence-electron chi connectivity index (χ2n) is 14.4. The van der Waals surface area contributed by atoms with Gasteiger partial charge >= 0.3 is 18.9 Å². The number of ether oxygens (including phenoxy) is 2. The van der Waals surface area contributed by atoms with E-state index in [-0.39, 0.29) is 25.7 Å². The van der Waals surface area contributed by atoms with Gasteiger partial charge in [-0.2, -0.15) is 0 Å². The highest BCUT2D eigenvalue weighted by molar-refractivity contribution is 7.63. The molecule has 4 aliphatic rings. The number of amides is 1. The van der Waals surface area contributed by atoms with Crippen molar-refractivity contribution in [3.8, 4) is 0 Å². The zero-order valence-electron chi connectivity index (χ0n) is 29.4. The summed E-state index contributed by atoms with van der Waals surface area (Å²) in [4.78, 5) is 43.2. The molecule has 0 N–H and O–H groups in total. The SMILES string of the molecule is COC(=O)C1(C(=O)OC)Cc2c(C)c(CCCCl)c(B3N(C)C(=O)c4ccccc4N3P(C3CCCCC3)C3CCCCC3)c(C)c2C1. The second kappa shape index (κ2) is 14.7. The van der Waals surface area contributed by atoms with Crippen LogP contribution in [0.25, 0.3) is 0 Å². The van der Waals surface area contributed by atoms with E-state index in [1.54, 1.807) is 0 Å². The summed E-state index contributed by atoms with van der Waals surface area (Å²) < 4.78 is 13.2. The zero-order valence-corrected chi connectivity index (χ0v) is 31.1. The fraction of sp³-hybridized carbons (Fsp3) is 0.605. The smallest absolute Gasteiger partial charge is 0.417 e. The number of rotatable bonds is 9. The summed E-state index contributed by atoms with van der Waals surface area (Å²) in [5, 5.41) is 0. The number of anilines is 1. The quantitative estimate of drug-likeness (QED) is 0.0906. The maximum Gasteiger partial charge on any atom is 0.417 e. The summed E-state index contributed by atoms with van der Waals surface area (Å²) >= 11 is 6.37. The van der Waals surface area contributed by atoms with Gasteiger partial charge in [0.25, 0.3) is 0 Å². The summed E-state index contributed by atoms with van der Waals surface area (Å²) in [7, 11) is 4.01. The number of para-hydroxylation sites is 1. The van der Waals surface area contributed by atoms with Crippen molar-refractivity contribution in [1.29, 1.82) is 0 Å². The predicted octanol–water partition coefficient (Wildman–Crippen LogP) is 7.26. The summed E-state index contributed by atoms with van der Waals surface area (Å²) in [6, 6.07) is 8.26. The molecule has 2 fully saturated rings. The molecule has 0 unspecified atom stereocenters. The Hall–Kier alpha value is -2.57. The first-order valence-corrected chi connectivity index (χ1v) is 20.0. The van der Waals surface area contributed by atoms with Gasteiger partial charge in [0.2, 0.25) is 5.91 Å². The van der Waals surface area contributed by atoms with E-state index in [9.17, 15) is 14.4 Å². The third-order valence-corrected chi connectivity index (χ3v) is 15.6. The molecule has 0 spiro atoms. The number of methoxy groups -OCH3 is 2. The van der Waals surface area contributed by atoms with Gasteiger partial charge in [0, 0.05) is 24.4 Å². The minimum Gasteiger partial charge on any atom is -0.468 e. The van der Waals surface area contributed by atoms with E-state index in [4.69, 9.17) is 21.1 Å². The Labute approximate surface area is 293 Å². The molecule has 48 heavy (non-hydrogen) atoms. The second-order valence-corrected chi connectivity index (χ2v) is 17.5. The van der Waals surface area contributed by atoms with Gasteiger partial charge in [-0.3, -0.25) is 14.4 Å². The molecule has 2 aromatic rings. The van der Waals surface area contributed by atoms with Crippen LogP contribution < -0.4 is 10.0 Å². The van der Waals surface area contributed by atoms with E-state index in [0.717, 1.165) is 51.8 Å². The number of hydrogen-bond acceptors (Lipinski definition) is 6. The maximum atomic E-state index is 14.4. The van der Waals surface area contributed by atoms with Crippen LogP contribution in [0.5, 0.6) is 0 Å². The van der Waals surface area contributed by atoms with Crippen LogP contribution in [0.4, 0.5) is 5.69 Å². The summed E-state index contributed by atoms with van der Waals surface area (Å²) in [6.45, 7) is 3.97. The topological polar surface area (TPSA) is 76.2 Å². The number of esters is 2. The van der Waals surface area contributed by atoms with Crippen molar-refractivity contribution in [1.82, 2.24) is 4.81 Å². The van der Waals surface area contributed by atoms with E-state index < -0.39 is 25.4 Å². The van der Waals surface area contributed by atoms with Crippen molar-refractivity contribution in [3.05, 3.63) is 57.6 Å². The van der Waals surface area contributed by atoms with Crippen LogP contribution in [-0.4, -0.2) is 68.1 Å². The van der Waals surface area contributed by atoms with Crippen molar-refractivity contribution >= 4 is 55.7 Å². The average Bonchev–Trinajstić information content (AvgIpc) is 3.55. The molecule has 0 aromatic heterocycles. The number of carbonyl (C=O) groups is 3. The number of halogens is 1. The number of nitrogens with zero attached hydrogens (tertiary/aromatic N) is 2. The van der Waals surface area contributed by atoms with E-state index >= 15 is 0 Å². The molecular weight excluding hydrogens is 642 g/mol. The molecule has 2 aromatic carbocycles. The Kier molecular flexibility index (Phi) is 10.8. The first-order chi connectivity index (χ1) is 23.2. The molecular formula is C38H51BClN2O5P. The lowest BCUT2D eigenvalue weighted by Crippen LogP contribution is -2.64. The molecule has 3 aliphatic carbocycles. The standard InChI is InChI=1S/C38H51BClN2O5P/c1-25-29(20-14-22-40)34(26(2)32-24-38(23-31(25)32,36(44)46-4)37(45)47-5)39-41(3)35(43)30-19-12-13-21-33(30)42(39)48(27-15-8-6-9-16-27)28-17-10-7-11-18-28/h12-13,19,21,27-28H,6-11,14-18,20,22-24H2,1-5H3. The molecule has 0 saturated heterocycles. The average molecular weight is 693 g/mol. The molecule has 258 valence electrons. The molecule has 1 heterocycles. The number of alkyl halides is 1. The first kappa shape index (κ1) is 35.3. The van der Waals surface area contributed by atoms with Crippen molar-refractivity contribution in [2.24, 2.45) is 5.41 Å². The lowest BCUT2D eigenvalue weighted by molar-refractivity contribution is -0.168. The largest absolute Gasteiger partial charge is 0.468 e. The van der Waals surface area contributed by atoms with Gasteiger partial charge in [-0.15, -0.1) is 11.6 Å². The lowest BCUT2D eigenvalue weighted by Gasteiger charge is -2.52. The van der Waals surface area contributed by atoms with E-state index in [0.29, 0.717) is 17.2 Å². The third-order valence-electron chi connectivity index (χ3n) is 11.8. The van der Waals surface area contributed by atoms with Crippen LogP contribution in [0, 0.1) is 19.3 Å². The Balaban J connectivity index is 1.61. The highest BCUT2D eigenvalue weighted by Gasteiger charge is 2.55. The van der Waals surface area contributed by atoms with Gasteiger partial charge in [0.15, 0.2) is 5.41 Å². The molecule has 10 heteroatoms. The molecule has 2 saturated carbocycles.